The number of ether oxygens (including phenoxy) is 2. The summed E-state index contributed by atoms with van der Waals surface area (Å²) in [4.78, 5) is 37.1. The summed E-state index contributed by atoms with van der Waals surface area (Å²) >= 11 is 0. The highest BCUT2D eigenvalue weighted by atomic mass is 19.4. The Bertz CT molecular complexity index is 530. The molecular formula is C13H20F3N3O5. The molecule has 3 amide bonds. The second kappa shape index (κ2) is 7.49. The Morgan fingerprint density at radius 2 is 1.29 bits per heavy atom. The number of carbonyl (C=O) groups excluding carboxylic acids is 3. The number of guanidine groups is 1. The van der Waals surface area contributed by atoms with E-state index in [1.165, 1.54) is 46.9 Å². The summed E-state index contributed by atoms with van der Waals surface area (Å²) in [6, 6.07) is 0. The van der Waals surface area contributed by atoms with Gasteiger partial charge in [0.2, 0.25) is 5.96 Å². The van der Waals surface area contributed by atoms with Crippen molar-refractivity contribution in [1.82, 2.24) is 10.6 Å². The number of halogens is 3. The van der Waals surface area contributed by atoms with E-state index in [2.05, 4.69) is 4.99 Å². The van der Waals surface area contributed by atoms with E-state index in [4.69, 9.17) is 9.47 Å². The van der Waals surface area contributed by atoms with E-state index in [9.17, 15) is 27.6 Å². The molecule has 2 N–H and O–H groups in total. The Morgan fingerprint density at radius 3 is 1.67 bits per heavy atom. The lowest BCUT2D eigenvalue weighted by Gasteiger charge is -2.21. The van der Waals surface area contributed by atoms with Gasteiger partial charge in [-0.3, -0.25) is 15.4 Å². The third-order valence-corrected chi connectivity index (χ3v) is 1.71. The minimum absolute atomic E-state index is 0.963. The number of nitrogens with one attached hydrogen (secondary N) is 2. The number of alkyl halides is 3. The fourth-order valence-corrected chi connectivity index (χ4v) is 1.04. The van der Waals surface area contributed by atoms with Crippen LogP contribution in [0.4, 0.5) is 22.8 Å². The van der Waals surface area contributed by atoms with Crippen molar-refractivity contribution >= 4 is 24.1 Å². The molecule has 0 aliphatic heterocycles. The molecule has 0 aliphatic rings. The summed E-state index contributed by atoms with van der Waals surface area (Å²) in [6.07, 6.45) is -7.77. The van der Waals surface area contributed by atoms with Crippen LogP contribution in [-0.4, -0.2) is 41.4 Å². The summed E-state index contributed by atoms with van der Waals surface area (Å²) < 4.78 is 46.5. The van der Waals surface area contributed by atoms with E-state index < -0.39 is 41.4 Å². The monoisotopic (exact) mass is 355 g/mol. The maximum Gasteiger partial charge on any atom is 0.471 e. The summed E-state index contributed by atoms with van der Waals surface area (Å²) in [6.45, 7) is 9.00. The van der Waals surface area contributed by atoms with Crippen molar-refractivity contribution < 1.29 is 37.0 Å². The molecule has 0 unspecified atom stereocenters. The number of alkyl carbamates (subject to hydrolysis) is 1. The van der Waals surface area contributed by atoms with Crippen LogP contribution in [0.15, 0.2) is 4.99 Å². The van der Waals surface area contributed by atoms with Crippen molar-refractivity contribution in [3.63, 3.8) is 0 Å². The lowest BCUT2D eigenvalue weighted by Crippen LogP contribution is -2.50. The van der Waals surface area contributed by atoms with E-state index in [-0.39, 0.29) is 0 Å². The molecule has 0 rings (SSSR count). The highest BCUT2D eigenvalue weighted by molar-refractivity contribution is 6.07. The number of aliphatic imine (C=N–C) groups is 1. The molecule has 11 heteroatoms. The molecule has 0 bridgehead atoms. The molecule has 0 fully saturated rings. The van der Waals surface area contributed by atoms with Gasteiger partial charge in [0.05, 0.1) is 0 Å². The number of amides is 3. The van der Waals surface area contributed by atoms with Crippen LogP contribution in [0, 0.1) is 0 Å². The van der Waals surface area contributed by atoms with Crippen molar-refractivity contribution in [1.29, 1.82) is 0 Å². The lowest BCUT2D eigenvalue weighted by molar-refractivity contribution is -0.171. The Kier molecular flexibility index (Phi) is 6.77. The zero-order valence-electron chi connectivity index (χ0n) is 14.1. The van der Waals surface area contributed by atoms with Gasteiger partial charge in [-0.15, -0.1) is 4.99 Å². The molecule has 0 aliphatic carbocycles. The maximum atomic E-state index is 12.3. The van der Waals surface area contributed by atoms with Gasteiger partial charge >= 0.3 is 24.3 Å². The number of nitrogens with zero attached hydrogens (tertiary/aromatic N) is 1. The van der Waals surface area contributed by atoms with Crippen molar-refractivity contribution in [2.45, 2.75) is 58.9 Å². The molecule has 138 valence electrons. The first-order chi connectivity index (χ1) is 10.5. The Labute approximate surface area is 136 Å². The summed E-state index contributed by atoms with van der Waals surface area (Å²) in [7, 11) is 0. The third-order valence-electron chi connectivity index (χ3n) is 1.71. The van der Waals surface area contributed by atoms with Crippen molar-refractivity contribution in [2.75, 3.05) is 0 Å². The topological polar surface area (TPSA) is 106 Å². The van der Waals surface area contributed by atoms with E-state index in [0.29, 0.717) is 0 Å². The maximum absolute atomic E-state index is 12.3. The largest absolute Gasteiger partial charge is 0.471 e. The molecule has 0 radical (unpaired) electrons. The number of rotatable bonds is 0. The van der Waals surface area contributed by atoms with Crippen LogP contribution in [0.5, 0.6) is 0 Å². The molecule has 0 aromatic carbocycles. The van der Waals surface area contributed by atoms with Crippen molar-refractivity contribution in [3.05, 3.63) is 0 Å². The standard InChI is InChI=1S/C13H20F3N3O5/c1-11(2,3)23-9(21)18-8(17-7(20)13(14,15)16)19-10(22)24-12(4,5)6/h1-6H3,(H2,17,18,19,20,21,22). The van der Waals surface area contributed by atoms with Crippen molar-refractivity contribution in [3.8, 4) is 0 Å². The predicted molar refractivity (Wildman–Crippen MR) is 77.2 cm³/mol. The van der Waals surface area contributed by atoms with E-state index >= 15 is 0 Å². The first-order valence-electron chi connectivity index (χ1n) is 6.69. The van der Waals surface area contributed by atoms with Crippen LogP contribution in [0.2, 0.25) is 0 Å². The van der Waals surface area contributed by atoms with Crippen LogP contribution in [-0.2, 0) is 14.3 Å². The van der Waals surface area contributed by atoms with Gasteiger partial charge in [-0.05, 0) is 41.5 Å². The highest BCUT2D eigenvalue weighted by Gasteiger charge is 2.40. The first-order valence-corrected chi connectivity index (χ1v) is 6.69. The van der Waals surface area contributed by atoms with E-state index in [0.717, 1.165) is 0 Å². The Balaban J connectivity index is 5.26. The van der Waals surface area contributed by atoms with Gasteiger partial charge in [0.25, 0.3) is 0 Å². The van der Waals surface area contributed by atoms with Crippen molar-refractivity contribution in [2.24, 2.45) is 4.99 Å². The minimum atomic E-state index is -5.25. The molecule has 0 spiro atoms. The quantitative estimate of drug-likeness (QED) is 0.513. The van der Waals surface area contributed by atoms with Gasteiger partial charge in [-0.2, -0.15) is 13.2 Å². The molecule has 0 heterocycles. The molecular weight excluding hydrogens is 335 g/mol. The van der Waals surface area contributed by atoms with E-state index in [1.807, 2.05) is 0 Å². The van der Waals surface area contributed by atoms with Gasteiger partial charge in [-0.25, -0.2) is 9.59 Å². The normalized spacial score (nSPS) is 13.1. The summed E-state index contributed by atoms with van der Waals surface area (Å²) in [5, 5.41) is 3.01. The lowest BCUT2D eigenvalue weighted by atomic mass is 10.2. The number of hydrogen-bond donors (Lipinski definition) is 2. The predicted octanol–water partition coefficient (Wildman–Crippen LogP) is 2.48. The molecule has 8 nitrogen and oxygen atoms in total. The number of hydrogen-bond acceptors (Lipinski definition) is 5. The zero-order chi connectivity index (χ0) is 19.3. The Morgan fingerprint density at radius 1 is 0.833 bits per heavy atom. The zero-order valence-corrected chi connectivity index (χ0v) is 14.1. The van der Waals surface area contributed by atoms with E-state index in [1.54, 1.807) is 5.32 Å². The SMILES string of the molecule is CC(C)(C)OC(=O)/N=C(/NC(=O)OC(C)(C)C)NC(=O)C(F)(F)F. The average molecular weight is 355 g/mol. The Hall–Kier alpha value is -2.33. The second-order valence-electron chi connectivity index (χ2n) is 6.52. The second-order valence-corrected chi connectivity index (χ2v) is 6.52. The van der Waals surface area contributed by atoms with Gasteiger partial charge in [0.15, 0.2) is 0 Å². The van der Waals surface area contributed by atoms with Gasteiger partial charge in [-0.1, -0.05) is 0 Å². The van der Waals surface area contributed by atoms with Crippen LogP contribution in [0.1, 0.15) is 41.5 Å². The first kappa shape index (κ1) is 21.7. The summed E-state index contributed by atoms with van der Waals surface area (Å²) in [5.41, 5.74) is -1.94. The summed E-state index contributed by atoms with van der Waals surface area (Å²) in [5.74, 6) is -3.50. The molecule has 0 atom stereocenters. The van der Waals surface area contributed by atoms with Gasteiger partial charge in [0.1, 0.15) is 11.2 Å². The number of carbonyl (C=O) groups is 3. The molecule has 0 saturated heterocycles. The minimum Gasteiger partial charge on any atom is -0.444 e. The van der Waals surface area contributed by atoms with Crippen LogP contribution < -0.4 is 10.6 Å². The third kappa shape index (κ3) is 10.4. The molecule has 0 saturated carbocycles. The van der Waals surface area contributed by atoms with Gasteiger partial charge < -0.3 is 9.47 Å². The molecule has 24 heavy (non-hydrogen) atoms. The molecule has 0 aromatic rings. The van der Waals surface area contributed by atoms with Crippen LogP contribution >= 0.6 is 0 Å². The fraction of sp³-hybridized carbons (Fsp3) is 0.692. The van der Waals surface area contributed by atoms with Gasteiger partial charge in [0, 0.05) is 0 Å². The van der Waals surface area contributed by atoms with Crippen LogP contribution in [0.25, 0.3) is 0 Å². The fourth-order valence-electron chi connectivity index (χ4n) is 1.04. The highest BCUT2D eigenvalue weighted by Crippen LogP contribution is 2.14. The average Bonchev–Trinajstić information content (AvgIpc) is 2.20. The smallest absolute Gasteiger partial charge is 0.444 e. The molecule has 0 aromatic heterocycles. The van der Waals surface area contributed by atoms with Crippen LogP contribution in [0.3, 0.4) is 0 Å².